The molecule has 4 heteroatoms. The van der Waals surface area contributed by atoms with Crippen LogP contribution in [0.25, 0.3) is 0 Å². The van der Waals surface area contributed by atoms with Crippen LogP contribution >= 0.6 is 11.6 Å². The average Bonchev–Trinajstić information content (AvgIpc) is 2.35. The summed E-state index contributed by atoms with van der Waals surface area (Å²) >= 11 is 5.93. The van der Waals surface area contributed by atoms with Gasteiger partial charge < -0.3 is 10.1 Å². The quantitative estimate of drug-likeness (QED) is 0.898. The van der Waals surface area contributed by atoms with Gasteiger partial charge in [-0.15, -0.1) is 0 Å². The predicted octanol–water partition coefficient (Wildman–Crippen LogP) is 3.95. The smallest absolute Gasteiger partial charge is 0.219 e. The van der Waals surface area contributed by atoms with Crippen molar-refractivity contribution in [2.24, 2.45) is 0 Å². The molecule has 0 aliphatic carbocycles. The zero-order valence-electron chi connectivity index (χ0n) is 11.1. The van der Waals surface area contributed by atoms with E-state index in [0.717, 1.165) is 24.3 Å². The van der Waals surface area contributed by atoms with Gasteiger partial charge >= 0.3 is 0 Å². The molecule has 0 saturated heterocycles. The van der Waals surface area contributed by atoms with Gasteiger partial charge in [-0.25, -0.2) is 4.98 Å². The van der Waals surface area contributed by atoms with Crippen LogP contribution < -0.4 is 10.1 Å². The minimum atomic E-state index is 0.593. The number of nitrogens with zero attached hydrogens (tertiary/aromatic N) is 1. The highest BCUT2D eigenvalue weighted by atomic mass is 35.5. The number of hydrogen-bond donors (Lipinski definition) is 1. The molecule has 1 aromatic heterocycles. The van der Waals surface area contributed by atoms with Gasteiger partial charge in [0.2, 0.25) is 5.88 Å². The van der Waals surface area contributed by atoms with Crippen molar-refractivity contribution < 1.29 is 4.74 Å². The number of hydrogen-bond acceptors (Lipinski definition) is 3. The van der Waals surface area contributed by atoms with E-state index in [1.807, 2.05) is 37.3 Å². The van der Waals surface area contributed by atoms with Gasteiger partial charge in [0.25, 0.3) is 0 Å². The van der Waals surface area contributed by atoms with Crippen LogP contribution in [0, 0.1) is 6.92 Å². The summed E-state index contributed by atoms with van der Waals surface area (Å²) in [6.45, 7) is 5.79. The molecule has 0 atom stereocenters. The molecule has 1 heterocycles. The number of aryl methyl sites for hydroxylation is 1. The average molecular weight is 277 g/mol. The van der Waals surface area contributed by atoms with Gasteiger partial charge in [0.15, 0.2) is 0 Å². The normalized spacial score (nSPS) is 10.5. The van der Waals surface area contributed by atoms with Crippen molar-refractivity contribution in [1.82, 2.24) is 10.3 Å². The molecule has 0 unspecified atom stereocenters. The van der Waals surface area contributed by atoms with Crippen LogP contribution in [-0.2, 0) is 6.54 Å². The maximum Gasteiger partial charge on any atom is 0.219 e. The third-order valence-electron chi connectivity index (χ3n) is 2.59. The van der Waals surface area contributed by atoms with Crippen LogP contribution in [-0.4, -0.2) is 11.5 Å². The Morgan fingerprint density at radius 1 is 1.26 bits per heavy atom. The molecule has 3 nitrogen and oxygen atoms in total. The van der Waals surface area contributed by atoms with Gasteiger partial charge in [-0.1, -0.05) is 24.6 Å². The highest BCUT2D eigenvalue weighted by molar-refractivity contribution is 6.30. The second-order valence-corrected chi connectivity index (χ2v) is 4.73. The first-order valence-electron chi connectivity index (χ1n) is 6.29. The van der Waals surface area contributed by atoms with Crippen molar-refractivity contribution in [2.75, 3.05) is 6.54 Å². The highest BCUT2D eigenvalue weighted by Crippen LogP contribution is 2.23. The van der Waals surface area contributed by atoms with Gasteiger partial charge in [-0.2, -0.15) is 0 Å². The summed E-state index contributed by atoms with van der Waals surface area (Å²) in [5, 5.41) is 3.94. The van der Waals surface area contributed by atoms with Crippen molar-refractivity contribution in [1.29, 1.82) is 0 Å². The Labute approximate surface area is 118 Å². The van der Waals surface area contributed by atoms with Crippen LogP contribution in [0.3, 0.4) is 0 Å². The van der Waals surface area contributed by atoms with Crippen LogP contribution in [0.1, 0.15) is 18.2 Å². The van der Waals surface area contributed by atoms with E-state index < -0.39 is 0 Å². The first kappa shape index (κ1) is 13.8. The SMILES string of the molecule is CCNCc1cc(C)nc(Oc2cccc(Cl)c2)c1. The topological polar surface area (TPSA) is 34.2 Å². The highest BCUT2D eigenvalue weighted by Gasteiger charge is 2.03. The van der Waals surface area contributed by atoms with E-state index in [9.17, 15) is 0 Å². The van der Waals surface area contributed by atoms with Crippen LogP contribution in [0.2, 0.25) is 5.02 Å². The van der Waals surface area contributed by atoms with E-state index in [2.05, 4.69) is 17.2 Å². The summed E-state index contributed by atoms with van der Waals surface area (Å²) in [6, 6.07) is 11.3. The van der Waals surface area contributed by atoms with Gasteiger partial charge in [0.05, 0.1) is 0 Å². The van der Waals surface area contributed by atoms with E-state index >= 15 is 0 Å². The second-order valence-electron chi connectivity index (χ2n) is 4.29. The summed E-state index contributed by atoms with van der Waals surface area (Å²) in [6.07, 6.45) is 0. The van der Waals surface area contributed by atoms with Crippen molar-refractivity contribution >= 4 is 11.6 Å². The summed E-state index contributed by atoms with van der Waals surface area (Å²) in [5.74, 6) is 1.29. The Morgan fingerprint density at radius 2 is 2.11 bits per heavy atom. The van der Waals surface area contributed by atoms with Crippen molar-refractivity contribution in [3.63, 3.8) is 0 Å². The first-order valence-corrected chi connectivity index (χ1v) is 6.67. The largest absolute Gasteiger partial charge is 0.439 e. The number of aromatic nitrogens is 1. The molecule has 0 aliphatic rings. The van der Waals surface area contributed by atoms with Crippen LogP contribution in [0.5, 0.6) is 11.6 Å². The van der Waals surface area contributed by atoms with Crippen molar-refractivity contribution in [2.45, 2.75) is 20.4 Å². The monoisotopic (exact) mass is 276 g/mol. The van der Waals surface area contributed by atoms with E-state index in [1.54, 1.807) is 6.07 Å². The molecule has 1 aromatic carbocycles. The van der Waals surface area contributed by atoms with Crippen molar-refractivity contribution in [3.05, 3.63) is 52.7 Å². The minimum absolute atomic E-state index is 0.593. The second kappa shape index (κ2) is 6.55. The zero-order chi connectivity index (χ0) is 13.7. The molecule has 0 spiro atoms. The molecule has 2 aromatic rings. The molecule has 0 radical (unpaired) electrons. The number of benzene rings is 1. The fourth-order valence-electron chi connectivity index (χ4n) is 1.78. The molecule has 2 rings (SSSR count). The lowest BCUT2D eigenvalue weighted by molar-refractivity contribution is 0.460. The molecule has 0 saturated carbocycles. The zero-order valence-corrected chi connectivity index (χ0v) is 11.9. The fourth-order valence-corrected chi connectivity index (χ4v) is 1.96. The fraction of sp³-hybridized carbons (Fsp3) is 0.267. The maximum absolute atomic E-state index is 5.93. The molecule has 0 amide bonds. The Balaban J connectivity index is 2.17. The molecular weight excluding hydrogens is 260 g/mol. The molecule has 0 fully saturated rings. The van der Waals surface area contributed by atoms with Crippen molar-refractivity contribution in [3.8, 4) is 11.6 Å². The minimum Gasteiger partial charge on any atom is -0.439 e. The number of ether oxygens (including phenoxy) is 1. The molecule has 100 valence electrons. The summed E-state index contributed by atoms with van der Waals surface area (Å²) in [4.78, 5) is 4.37. The van der Waals surface area contributed by atoms with Gasteiger partial charge in [-0.05, 0) is 43.3 Å². The van der Waals surface area contributed by atoms with Crippen LogP contribution in [0.15, 0.2) is 36.4 Å². The van der Waals surface area contributed by atoms with Gasteiger partial charge in [0, 0.05) is 23.3 Å². The third kappa shape index (κ3) is 4.23. The van der Waals surface area contributed by atoms with E-state index in [1.165, 1.54) is 0 Å². The van der Waals surface area contributed by atoms with Gasteiger partial charge in [0.1, 0.15) is 5.75 Å². The molecule has 19 heavy (non-hydrogen) atoms. The molecule has 0 bridgehead atoms. The maximum atomic E-state index is 5.93. The number of nitrogens with one attached hydrogen (secondary N) is 1. The molecule has 0 aliphatic heterocycles. The van der Waals surface area contributed by atoms with Crippen LogP contribution in [0.4, 0.5) is 0 Å². The Kier molecular flexibility index (Phi) is 4.77. The standard InChI is InChI=1S/C15H17ClN2O/c1-3-17-10-12-7-11(2)18-15(8-12)19-14-6-4-5-13(16)9-14/h4-9,17H,3,10H2,1-2H3. The lowest BCUT2D eigenvalue weighted by Gasteiger charge is -2.09. The lowest BCUT2D eigenvalue weighted by Crippen LogP contribution is -2.12. The third-order valence-corrected chi connectivity index (χ3v) is 2.82. The van der Waals surface area contributed by atoms with E-state index in [4.69, 9.17) is 16.3 Å². The molecule has 1 N–H and O–H groups in total. The Morgan fingerprint density at radius 3 is 2.84 bits per heavy atom. The Hall–Kier alpha value is -1.58. The summed E-state index contributed by atoms with van der Waals surface area (Å²) in [7, 11) is 0. The molecular formula is C15H17ClN2O. The number of pyridine rings is 1. The Bertz CT molecular complexity index is 558. The predicted molar refractivity (Wildman–Crippen MR) is 77.9 cm³/mol. The summed E-state index contributed by atoms with van der Waals surface area (Å²) < 4.78 is 5.74. The summed E-state index contributed by atoms with van der Waals surface area (Å²) in [5.41, 5.74) is 2.10. The lowest BCUT2D eigenvalue weighted by atomic mass is 10.2. The van der Waals surface area contributed by atoms with E-state index in [0.29, 0.717) is 16.7 Å². The number of rotatable bonds is 5. The number of halogens is 1. The first-order chi connectivity index (χ1) is 9.17. The van der Waals surface area contributed by atoms with Gasteiger partial charge in [-0.3, -0.25) is 0 Å². The van der Waals surface area contributed by atoms with E-state index in [-0.39, 0.29) is 0 Å².